The van der Waals surface area contributed by atoms with Crippen molar-refractivity contribution in [3.8, 4) is 0 Å². The Morgan fingerprint density at radius 1 is 1.50 bits per heavy atom. The molecule has 1 aromatic heterocycles. The van der Waals surface area contributed by atoms with Crippen molar-refractivity contribution in [2.24, 2.45) is 0 Å². The summed E-state index contributed by atoms with van der Waals surface area (Å²) in [6.45, 7) is 1.88. The topological polar surface area (TPSA) is 46.5 Å². The van der Waals surface area contributed by atoms with Crippen LogP contribution in [0.3, 0.4) is 0 Å². The molecule has 2 aromatic rings. The molecular formula is C12H12O3S. The first-order valence-corrected chi connectivity index (χ1v) is 5.86. The number of fused-ring (bicyclic) bond motifs is 1. The fourth-order valence-electron chi connectivity index (χ4n) is 1.43. The molecule has 0 aliphatic heterocycles. The Morgan fingerprint density at radius 2 is 2.25 bits per heavy atom. The maximum Gasteiger partial charge on any atom is 0.332 e. The first-order chi connectivity index (χ1) is 7.68. The molecule has 1 heterocycles. The van der Waals surface area contributed by atoms with Crippen LogP contribution in [0.5, 0.6) is 0 Å². The molecule has 0 unspecified atom stereocenters. The number of carboxylic acid groups (broad SMARTS) is 1. The van der Waals surface area contributed by atoms with Crippen molar-refractivity contribution in [3.05, 3.63) is 35.2 Å². The number of carboxylic acids is 1. The lowest BCUT2D eigenvalue weighted by Gasteiger charge is -2.07. The van der Waals surface area contributed by atoms with Gasteiger partial charge < -0.3 is 9.84 Å². The zero-order valence-corrected chi connectivity index (χ0v) is 9.66. The van der Waals surface area contributed by atoms with Gasteiger partial charge in [-0.25, -0.2) is 4.79 Å². The Hall–Kier alpha value is -1.39. The minimum atomic E-state index is -0.931. The number of rotatable bonds is 4. The number of aliphatic carboxylic acids is 1. The molecule has 0 bridgehead atoms. The highest BCUT2D eigenvalue weighted by Gasteiger charge is 2.12. The molecule has 0 radical (unpaired) electrons. The molecule has 1 N–H and O–H groups in total. The lowest BCUT2D eigenvalue weighted by molar-refractivity contribution is -0.149. The Kier molecular flexibility index (Phi) is 3.22. The molecule has 1 aromatic carbocycles. The molecule has 16 heavy (non-hydrogen) atoms. The van der Waals surface area contributed by atoms with Crippen molar-refractivity contribution < 1.29 is 14.6 Å². The molecule has 84 valence electrons. The molecule has 0 spiro atoms. The number of hydrogen-bond acceptors (Lipinski definition) is 3. The first-order valence-electron chi connectivity index (χ1n) is 4.98. The second kappa shape index (κ2) is 4.63. The van der Waals surface area contributed by atoms with Crippen molar-refractivity contribution in [3.63, 3.8) is 0 Å². The standard InChI is InChI=1S/C12H12O3S/c1-8(12(13)14)15-6-9-7-16-11-5-3-2-4-10(9)11/h2-5,7-8H,6H2,1H3,(H,13,14)/t8-/m0/s1. The van der Waals surface area contributed by atoms with E-state index in [1.807, 2.05) is 29.6 Å². The van der Waals surface area contributed by atoms with Crippen LogP contribution in [0.1, 0.15) is 12.5 Å². The molecule has 0 aliphatic rings. The number of thiophene rings is 1. The number of ether oxygens (including phenoxy) is 1. The van der Waals surface area contributed by atoms with E-state index in [2.05, 4.69) is 0 Å². The van der Waals surface area contributed by atoms with Crippen molar-refractivity contribution in [2.45, 2.75) is 19.6 Å². The van der Waals surface area contributed by atoms with E-state index in [1.165, 1.54) is 11.6 Å². The van der Waals surface area contributed by atoms with Gasteiger partial charge in [0.05, 0.1) is 6.61 Å². The van der Waals surface area contributed by atoms with Gasteiger partial charge in [0.2, 0.25) is 0 Å². The van der Waals surface area contributed by atoms with Crippen LogP contribution in [0.4, 0.5) is 0 Å². The van der Waals surface area contributed by atoms with Gasteiger partial charge in [0, 0.05) is 4.70 Å². The molecule has 2 rings (SSSR count). The highest BCUT2D eigenvalue weighted by Crippen LogP contribution is 2.26. The third-order valence-electron chi connectivity index (χ3n) is 2.40. The predicted octanol–water partition coefficient (Wildman–Crippen LogP) is 2.89. The predicted molar refractivity (Wildman–Crippen MR) is 63.7 cm³/mol. The van der Waals surface area contributed by atoms with E-state index < -0.39 is 12.1 Å². The second-order valence-electron chi connectivity index (χ2n) is 3.55. The summed E-state index contributed by atoms with van der Waals surface area (Å²) in [6.07, 6.45) is -0.765. The highest BCUT2D eigenvalue weighted by atomic mass is 32.1. The van der Waals surface area contributed by atoms with Crippen LogP contribution in [0.25, 0.3) is 10.1 Å². The van der Waals surface area contributed by atoms with E-state index in [0.29, 0.717) is 6.61 Å². The van der Waals surface area contributed by atoms with Crippen LogP contribution < -0.4 is 0 Å². The van der Waals surface area contributed by atoms with Gasteiger partial charge in [0.1, 0.15) is 0 Å². The van der Waals surface area contributed by atoms with E-state index in [-0.39, 0.29) is 0 Å². The van der Waals surface area contributed by atoms with Crippen molar-refractivity contribution in [1.29, 1.82) is 0 Å². The van der Waals surface area contributed by atoms with Gasteiger partial charge in [-0.15, -0.1) is 11.3 Å². The Balaban J connectivity index is 2.13. The van der Waals surface area contributed by atoms with Gasteiger partial charge >= 0.3 is 5.97 Å². The van der Waals surface area contributed by atoms with Crippen LogP contribution in [0.2, 0.25) is 0 Å². The van der Waals surface area contributed by atoms with Gasteiger partial charge in [-0.1, -0.05) is 18.2 Å². The maximum absolute atomic E-state index is 10.6. The Labute approximate surface area is 97.3 Å². The zero-order chi connectivity index (χ0) is 11.5. The minimum Gasteiger partial charge on any atom is -0.479 e. The fourth-order valence-corrected chi connectivity index (χ4v) is 2.38. The van der Waals surface area contributed by atoms with Gasteiger partial charge in [0.15, 0.2) is 6.10 Å². The summed E-state index contributed by atoms with van der Waals surface area (Å²) in [7, 11) is 0. The molecule has 0 amide bonds. The van der Waals surface area contributed by atoms with Crippen molar-refractivity contribution in [1.82, 2.24) is 0 Å². The SMILES string of the molecule is C[C@H](OCc1csc2ccccc12)C(=O)O. The largest absolute Gasteiger partial charge is 0.479 e. The number of hydrogen-bond donors (Lipinski definition) is 1. The van der Waals surface area contributed by atoms with Gasteiger partial charge in [-0.05, 0) is 29.3 Å². The van der Waals surface area contributed by atoms with E-state index in [1.54, 1.807) is 11.3 Å². The molecule has 0 saturated heterocycles. The van der Waals surface area contributed by atoms with E-state index in [9.17, 15) is 4.79 Å². The van der Waals surface area contributed by atoms with Crippen LogP contribution in [0.15, 0.2) is 29.6 Å². The van der Waals surface area contributed by atoms with Crippen LogP contribution in [-0.4, -0.2) is 17.2 Å². The number of carbonyl (C=O) groups is 1. The average molecular weight is 236 g/mol. The van der Waals surface area contributed by atoms with E-state index >= 15 is 0 Å². The third kappa shape index (κ3) is 2.23. The van der Waals surface area contributed by atoms with Crippen LogP contribution in [0, 0.1) is 0 Å². The average Bonchev–Trinajstić information content (AvgIpc) is 2.69. The Morgan fingerprint density at radius 3 is 3.00 bits per heavy atom. The molecule has 4 heteroatoms. The summed E-state index contributed by atoms with van der Waals surface area (Å²) in [5.41, 5.74) is 1.05. The molecule has 3 nitrogen and oxygen atoms in total. The monoisotopic (exact) mass is 236 g/mol. The molecule has 1 atom stereocenters. The second-order valence-corrected chi connectivity index (χ2v) is 4.46. The van der Waals surface area contributed by atoms with E-state index in [0.717, 1.165) is 10.9 Å². The summed E-state index contributed by atoms with van der Waals surface area (Å²) in [4.78, 5) is 10.6. The summed E-state index contributed by atoms with van der Waals surface area (Å²) in [6, 6.07) is 8.03. The maximum atomic E-state index is 10.6. The third-order valence-corrected chi connectivity index (χ3v) is 3.41. The van der Waals surface area contributed by atoms with Gasteiger partial charge in [-0.3, -0.25) is 0 Å². The molecular weight excluding hydrogens is 224 g/mol. The van der Waals surface area contributed by atoms with E-state index in [4.69, 9.17) is 9.84 Å². The fraction of sp³-hybridized carbons (Fsp3) is 0.250. The molecule has 0 saturated carbocycles. The van der Waals surface area contributed by atoms with Gasteiger partial charge in [0.25, 0.3) is 0 Å². The zero-order valence-electron chi connectivity index (χ0n) is 8.84. The summed E-state index contributed by atoms with van der Waals surface area (Å²) in [5, 5.41) is 11.9. The van der Waals surface area contributed by atoms with Gasteiger partial charge in [-0.2, -0.15) is 0 Å². The summed E-state index contributed by atoms with van der Waals surface area (Å²) >= 11 is 1.65. The smallest absolute Gasteiger partial charge is 0.332 e. The highest BCUT2D eigenvalue weighted by molar-refractivity contribution is 7.17. The van der Waals surface area contributed by atoms with Crippen LogP contribution >= 0.6 is 11.3 Å². The summed E-state index contributed by atoms with van der Waals surface area (Å²) in [5.74, 6) is -0.931. The Bertz CT molecular complexity index is 504. The first kappa shape index (κ1) is 11.1. The van der Waals surface area contributed by atoms with Crippen LogP contribution in [-0.2, 0) is 16.1 Å². The number of benzene rings is 1. The lowest BCUT2D eigenvalue weighted by Crippen LogP contribution is -2.19. The van der Waals surface area contributed by atoms with Crippen molar-refractivity contribution >= 4 is 27.4 Å². The molecule has 0 aliphatic carbocycles. The lowest BCUT2D eigenvalue weighted by atomic mass is 10.2. The summed E-state index contributed by atoms with van der Waals surface area (Å²) < 4.78 is 6.46. The quantitative estimate of drug-likeness (QED) is 0.887. The normalized spacial score (nSPS) is 12.8. The molecule has 0 fully saturated rings. The van der Waals surface area contributed by atoms with Crippen molar-refractivity contribution in [2.75, 3.05) is 0 Å². The minimum absolute atomic E-state index is 0.345.